The maximum Gasteiger partial charge on any atom is 0.206 e. The second-order valence-corrected chi connectivity index (χ2v) is 13.5. The van der Waals surface area contributed by atoms with Crippen molar-refractivity contribution in [1.29, 1.82) is 0 Å². The zero-order chi connectivity index (χ0) is 28.9. The van der Waals surface area contributed by atoms with Crippen LogP contribution in [0.15, 0.2) is 58.3 Å². The van der Waals surface area contributed by atoms with Gasteiger partial charge in [-0.1, -0.05) is 51.4 Å². The Kier molecular flexibility index (Phi) is 12.8. The van der Waals surface area contributed by atoms with Crippen LogP contribution in [0.2, 0.25) is 0 Å². The normalized spacial score (nSPS) is 19.2. The molecule has 0 aromatic heterocycles. The summed E-state index contributed by atoms with van der Waals surface area (Å²) in [5.41, 5.74) is 0. The van der Waals surface area contributed by atoms with Crippen molar-refractivity contribution in [2.75, 3.05) is 26.3 Å². The molecule has 0 bridgehead atoms. The number of aliphatic hydroxyl groups excluding tert-OH is 2. The van der Waals surface area contributed by atoms with Crippen LogP contribution in [0.25, 0.3) is 0 Å². The third-order valence-electron chi connectivity index (χ3n) is 8.15. The minimum absolute atomic E-state index is 0.138. The van der Waals surface area contributed by atoms with Crippen LogP contribution in [-0.4, -0.2) is 69.2 Å². The molecule has 2 aliphatic carbocycles. The number of rotatable bonds is 14. The van der Waals surface area contributed by atoms with Crippen LogP contribution in [0.1, 0.15) is 77.0 Å². The molecule has 2 saturated carbocycles. The van der Waals surface area contributed by atoms with Crippen molar-refractivity contribution in [1.82, 2.24) is 10.6 Å². The topological polar surface area (TPSA) is 117 Å². The summed E-state index contributed by atoms with van der Waals surface area (Å²) in [5.74, 6) is 1.02. The fourth-order valence-corrected chi connectivity index (χ4v) is 6.90. The Morgan fingerprint density at radius 2 is 0.951 bits per heavy atom. The molecule has 0 heterocycles. The first-order chi connectivity index (χ1) is 19.9. The fourth-order valence-electron chi connectivity index (χ4n) is 5.64. The van der Waals surface area contributed by atoms with Gasteiger partial charge in [0.05, 0.1) is 9.79 Å². The molecule has 0 radical (unpaired) electrons. The van der Waals surface area contributed by atoms with Crippen molar-refractivity contribution in [3.8, 4) is 11.5 Å². The van der Waals surface area contributed by atoms with Gasteiger partial charge in [0, 0.05) is 25.2 Å². The Balaban J connectivity index is 1.20. The fraction of sp³-hybridized carbons (Fsp3) is 0.625. The molecule has 2 aromatic carbocycles. The number of sulfone groups is 1. The third-order valence-corrected chi connectivity index (χ3v) is 9.93. The molecule has 9 heteroatoms. The van der Waals surface area contributed by atoms with Crippen LogP contribution in [-0.2, 0) is 9.84 Å². The lowest BCUT2D eigenvalue weighted by atomic mass is 10.1. The van der Waals surface area contributed by atoms with Gasteiger partial charge in [-0.25, -0.2) is 8.42 Å². The molecule has 2 aliphatic rings. The Morgan fingerprint density at radius 3 is 1.29 bits per heavy atom. The highest BCUT2D eigenvalue weighted by atomic mass is 32.2. The zero-order valence-electron chi connectivity index (χ0n) is 24.2. The van der Waals surface area contributed by atoms with Crippen molar-refractivity contribution < 1.29 is 28.1 Å². The second-order valence-electron chi connectivity index (χ2n) is 11.6. The van der Waals surface area contributed by atoms with Crippen molar-refractivity contribution in [3.05, 3.63) is 48.5 Å². The van der Waals surface area contributed by atoms with E-state index in [4.69, 9.17) is 9.47 Å². The molecule has 228 valence electrons. The highest BCUT2D eigenvalue weighted by molar-refractivity contribution is 7.91. The molecule has 0 spiro atoms. The van der Waals surface area contributed by atoms with E-state index < -0.39 is 22.0 Å². The summed E-state index contributed by atoms with van der Waals surface area (Å²) in [6.45, 7) is 1.23. The molecule has 2 fully saturated rings. The van der Waals surface area contributed by atoms with E-state index in [-0.39, 0.29) is 23.0 Å². The molecule has 2 atom stereocenters. The lowest BCUT2D eigenvalue weighted by molar-refractivity contribution is 0.103. The summed E-state index contributed by atoms with van der Waals surface area (Å²) in [5, 5.41) is 27.5. The summed E-state index contributed by atoms with van der Waals surface area (Å²) in [6.07, 6.45) is 13.4. The average molecular weight is 589 g/mol. The van der Waals surface area contributed by atoms with Gasteiger partial charge in [0.15, 0.2) is 0 Å². The van der Waals surface area contributed by atoms with E-state index in [1.54, 1.807) is 24.3 Å². The number of aliphatic hydroxyl groups is 2. The maximum absolute atomic E-state index is 13.1. The minimum atomic E-state index is -3.71. The lowest BCUT2D eigenvalue weighted by Gasteiger charge is -2.19. The van der Waals surface area contributed by atoms with Gasteiger partial charge in [-0.3, -0.25) is 0 Å². The second kappa shape index (κ2) is 16.5. The number of nitrogens with one attached hydrogen (secondary N) is 2. The molecular formula is C32H48N2O6S. The van der Waals surface area contributed by atoms with Gasteiger partial charge in [0.2, 0.25) is 9.84 Å². The lowest BCUT2D eigenvalue weighted by Crippen LogP contribution is -2.37. The van der Waals surface area contributed by atoms with E-state index in [0.29, 0.717) is 36.7 Å². The standard InChI is InChI=1S/C32H48N2O6S/c35-27(21-33-25-9-5-1-2-6-10-25)23-39-29-13-17-31(18-14-29)41(37,38)32-19-15-30(16-20-32)40-24-28(36)22-34-26-11-7-3-4-8-12-26/h13-20,25-28,33-36H,1-12,21-24H2. The first kappa shape index (κ1) is 31.8. The van der Waals surface area contributed by atoms with Gasteiger partial charge in [-0.05, 0) is 74.2 Å². The van der Waals surface area contributed by atoms with Crippen LogP contribution in [0.3, 0.4) is 0 Å². The Labute approximate surface area is 245 Å². The van der Waals surface area contributed by atoms with Crippen LogP contribution in [0.4, 0.5) is 0 Å². The maximum atomic E-state index is 13.1. The summed E-state index contributed by atoms with van der Waals surface area (Å²) in [6, 6.07) is 13.4. The van der Waals surface area contributed by atoms with Crippen molar-refractivity contribution in [3.63, 3.8) is 0 Å². The van der Waals surface area contributed by atoms with E-state index in [1.165, 1.54) is 75.6 Å². The summed E-state index contributed by atoms with van der Waals surface area (Å²) in [7, 11) is -3.71. The number of ether oxygens (including phenoxy) is 2. The van der Waals surface area contributed by atoms with Gasteiger partial charge >= 0.3 is 0 Å². The molecule has 2 unspecified atom stereocenters. The van der Waals surface area contributed by atoms with E-state index in [1.807, 2.05) is 0 Å². The molecule has 0 amide bonds. The van der Waals surface area contributed by atoms with Crippen LogP contribution in [0, 0.1) is 0 Å². The highest BCUT2D eigenvalue weighted by Gasteiger charge is 2.19. The molecule has 4 N–H and O–H groups in total. The predicted octanol–water partition coefficient (Wildman–Crippen LogP) is 4.62. The van der Waals surface area contributed by atoms with Crippen LogP contribution < -0.4 is 20.1 Å². The summed E-state index contributed by atoms with van der Waals surface area (Å²) in [4.78, 5) is 0.322. The molecule has 8 nitrogen and oxygen atoms in total. The number of hydrogen-bond donors (Lipinski definition) is 4. The van der Waals surface area contributed by atoms with Crippen molar-refractivity contribution >= 4 is 9.84 Å². The number of hydrogen-bond acceptors (Lipinski definition) is 8. The van der Waals surface area contributed by atoms with Crippen LogP contribution in [0.5, 0.6) is 11.5 Å². The molecular weight excluding hydrogens is 540 g/mol. The van der Waals surface area contributed by atoms with Gasteiger partial charge in [0.25, 0.3) is 0 Å². The van der Waals surface area contributed by atoms with E-state index >= 15 is 0 Å². The largest absolute Gasteiger partial charge is 0.491 e. The minimum Gasteiger partial charge on any atom is -0.491 e. The third kappa shape index (κ3) is 10.6. The molecule has 2 aromatic rings. The summed E-state index contributed by atoms with van der Waals surface area (Å²) >= 11 is 0. The predicted molar refractivity (Wildman–Crippen MR) is 160 cm³/mol. The monoisotopic (exact) mass is 588 g/mol. The van der Waals surface area contributed by atoms with Crippen molar-refractivity contribution in [2.45, 2.75) is 111 Å². The number of benzene rings is 2. The van der Waals surface area contributed by atoms with E-state index in [9.17, 15) is 18.6 Å². The molecule has 0 saturated heterocycles. The molecule has 41 heavy (non-hydrogen) atoms. The Bertz CT molecular complexity index is 1030. The van der Waals surface area contributed by atoms with E-state index in [0.717, 1.165) is 25.7 Å². The summed E-state index contributed by atoms with van der Waals surface area (Å²) < 4.78 is 37.7. The molecule has 4 rings (SSSR count). The highest BCUT2D eigenvalue weighted by Crippen LogP contribution is 2.25. The quantitative estimate of drug-likeness (QED) is 0.236. The SMILES string of the molecule is O=S(=O)(c1ccc(OCC(O)CNC2CCCCCC2)cc1)c1ccc(OCC(O)CNC2CCCCCC2)cc1. The van der Waals surface area contributed by atoms with Gasteiger partial charge in [-0.2, -0.15) is 0 Å². The average Bonchev–Trinajstić information content (AvgIpc) is 3.43. The van der Waals surface area contributed by atoms with Gasteiger partial charge < -0.3 is 30.3 Å². The van der Waals surface area contributed by atoms with Crippen molar-refractivity contribution in [2.24, 2.45) is 0 Å². The van der Waals surface area contributed by atoms with Crippen LogP contribution >= 0.6 is 0 Å². The van der Waals surface area contributed by atoms with Gasteiger partial charge in [0.1, 0.15) is 36.9 Å². The molecule has 0 aliphatic heterocycles. The zero-order valence-corrected chi connectivity index (χ0v) is 25.0. The Morgan fingerprint density at radius 1 is 0.610 bits per heavy atom. The van der Waals surface area contributed by atoms with Gasteiger partial charge in [-0.15, -0.1) is 0 Å². The smallest absolute Gasteiger partial charge is 0.206 e. The Hall–Kier alpha value is -2.17. The first-order valence-electron chi connectivity index (χ1n) is 15.4. The van der Waals surface area contributed by atoms with E-state index in [2.05, 4.69) is 10.6 Å². The first-order valence-corrected chi connectivity index (χ1v) is 16.9.